The van der Waals surface area contributed by atoms with Crippen LogP contribution in [0.2, 0.25) is 0 Å². The second kappa shape index (κ2) is 8.35. The summed E-state index contributed by atoms with van der Waals surface area (Å²) in [4.78, 5) is 12.6. The van der Waals surface area contributed by atoms with E-state index in [2.05, 4.69) is 15.7 Å². The van der Waals surface area contributed by atoms with Gasteiger partial charge in [0.15, 0.2) is 5.52 Å². The monoisotopic (exact) mass is 384 g/mol. The molecule has 0 aliphatic heterocycles. The van der Waals surface area contributed by atoms with Crippen LogP contribution in [0.4, 0.5) is 16.4 Å². The van der Waals surface area contributed by atoms with Crippen LogP contribution < -0.4 is 30.7 Å². The van der Waals surface area contributed by atoms with Crippen LogP contribution in [0.3, 0.4) is 0 Å². The molecule has 0 spiro atoms. The highest BCUT2D eigenvalue weighted by atomic mass is 16.5. The van der Waals surface area contributed by atoms with Crippen molar-refractivity contribution in [2.45, 2.75) is 13.3 Å². The number of ether oxygens (including phenoxy) is 1. The third kappa shape index (κ3) is 4.18. The third-order valence-corrected chi connectivity index (χ3v) is 3.90. The Bertz CT molecular complexity index is 1010. The lowest BCUT2D eigenvalue weighted by molar-refractivity contribution is -0.672. The highest BCUT2D eigenvalue weighted by molar-refractivity contribution is 5.99. The van der Waals surface area contributed by atoms with Crippen LogP contribution >= 0.6 is 0 Å². The number of rotatable bonds is 6. The van der Waals surface area contributed by atoms with Gasteiger partial charge in [0.05, 0.1) is 12.3 Å². The summed E-state index contributed by atoms with van der Waals surface area (Å²) >= 11 is 0. The molecule has 0 aliphatic carbocycles. The van der Waals surface area contributed by atoms with Crippen molar-refractivity contribution in [2.24, 2.45) is 5.73 Å². The molecule has 2 amide bonds. The van der Waals surface area contributed by atoms with Gasteiger partial charge < -0.3 is 20.9 Å². The zero-order valence-corrected chi connectivity index (χ0v) is 15.2. The summed E-state index contributed by atoms with van der Waals surface area (Å²) in [5, 5.41) is 32.8. The molecule has 0 unspecified atom stereocenters. The number of urea groups is 1. The van der Waals surface area contributed by atoms with Crippen molar-refractivity contribution in [1.82, 2.24) is 5.10 Å². The summed E-state index contributed by atoms with van der Waals surface area (Å²) in [6.07, 6.45) is 0.667. The van der Waals surface area contributed by atoms with Gasteiger partial charge in [-0.05, 0) is 43.7 Å². The number of aromatic nitrogens is 3. The molecule has 0 aliphatic rings. The number of anilines is 2. The molecule has 0 radical (unpaired) electrons. The van der Waals surface area contributed by atoms with Gasteiger partial charge in [0.1, 0.15) is 5.75 Å². The second-order valence-corrected chi connectivity index (χ2v) is 6.05. The van der Waals surface area contributed by atoms with E-state index in [9.17, 15) is 15.2 Å². The van der Waals surface area contributed by atoms with Gasteiger partial charge in [-0.1, -0.05) is 18.2 Å². The first-order valence-electron chi connectivity index (χ1n) is 8.63. The highest BCUT2D eigenvalue weighted by Gasteiger charge is 2.23. The standard InChI is InChI=1S/C18H20N6O4/c1-12-7-8-13(16(11-12)28-10-4-9-19)20-18(25)21-17-22-24(27)15-6-3-2-5-14(15)23(17)26/h2-3,5-8,11H,4,9-10,19H2,1H3,(H2,20,21,22,25). The van der Waals surface area contributed by atoms with Crippen LogP contribution in [-0.2, 0) is 0 Å². The molecule has 0 atom stereocenters. The number of carbonyl (C=O) groups is 1. The number of nitrogens with zero attached hydrogens (tertiary/aromatic N) is 3. The normalized spacial score (nSPS) is 10.6. The summed E-state index contributed by atoms with van der Waals surface area (Å²) in [7, 11) is 0. The molecule has 1 heterocycles. The third-order valence-electron chi connectivity index (χ3n) is 3.90. The fourth-order valence-electron chi connectivity index (χ4n) is 2.54. The summed E-state index contributed by atoms with van der Waals surface area (Å²) in [5.41, 5.74) is 7.01. The minimum Gasteiger partial charge on any atom is -0.739 e. The lowest BCUT2D eigenvalue weighted by atomic mass is 10.2. The molecular formula is C18H20N6O4. The average molecular weight is 384 g/mol. The molecule has 0 saturated heterocycles. The summed E-state index contributed by atoms with van der Waals surface area (Å²) in [5.74, 6) is 0.0351. The number of aryl methyl sites for hydroxylation is 1. The molecule has 146 valence electrons. The Kier molecular flexibility index (Phi) is 5.70. The van der Waals surface area contributed by atoms with Crippen molar-refractivity contribution < 1.29 is 19.1 Å². The van der Waals surface area contributed by atoms with E-state index >= 15 is 0 Å². The summed E-state index contributed by atoms with van der Waals surface area (Å²) < 4.78 is 6.04. The number of carbonyl (C=O) groups excluding carboxylic acids is 1. The van der Waals surface area contributed by atoms with Crippen molar-refractivity contribution in [3.8, 4) is 5.75 Å². The van der Waals surface area contributed by atoms with Crippen molar-refractivity contribution in [2.75, 3.05) is 23.8 Å². The van der Waals surface area contributed by atoms with Crippen LogP contribution in [0.15, 0.2) is 42.5 Å². The zero-order chi connectivity index (χ0) is 20.1. The molecule has 10 nitrogen and oxygen atoms in total. The maximum absolute atomic E-state index is 12.4. The number of fused-ring (bicyclic) bond motifs is 1. The largest absolute Gasteiger partial charge is 0.739 e. The van der Waals surface area contributed by atoms with E-state index < -0.39 is 12.0 Å². The molecule has 3 aromatic rings. The lowest BCUT2D eigenvalue weighted by Crippen LogP contribution is -2.45. The molecule has 3 rings (SSSR count). The lowest BCUT2D eigenvalue weighted by Gasteiger charge is -2.13. The zero-order valence-electron chi connectivity index (χ0n) is 15.2. The molecule has 4 N–H and O–H groups in total. The van der Waals surface area contributed by atoms with E-state index in [1.165, 1.54) is 12.1 Å². The number of nitrogens with two attached hydrogens (primary N) is 1. The summed E-state index contributed by atoms with van der Waals surface area (Å²) in [6.45, 7) is 2.78. The average Bonchev–Trinajstić information content (AvgIpc) is 2.68. The first kappa shape index (κ1) is 19.1. The molecule has 28 heavy (non-hydrogen) atoms. The molecule has 0 bridgehead atoms. The predicted molar refractivity (Wildman–Crippen MR) is 103 cm³/mol. The van der Waals surface area contributed by atoms with Crippen molar-refractivity contribution in [3.05, 3.63) is 58.4 Å². The van der Waals surface area contributed by atoms with Crippen LogP contribution in [0.25, 0.3) is 11.0 Å². The van der Waals surface area contributed by atoms with Gasteiger partial charge >= 0.3 is 12.0 Å². The van der Waals surface area contributed by atoms with E-state index in [-0.39, 0.29) is 15.9 Å². The van der Waals surface area contributed by atoms with E-state index in [1.54, 1.807) is 30.3 Å². The number of hydrogen-bond acceptors (Lipinski definition) is 6. The van der Waals surface area contributed by atoms with Crippen molar-refractivity contribution >= 4 is 28.7 Å². The number of para-hydroxylation sites is 2. The topological polar surface area (TPSA) is 143 Å². The Morgan fingerprint density at radius 1 is 1.18 bits per heavy atom. The smallest absolute Gasteiger partial charge is 0.469 e. The van der Waals surface area contributed by atoms with Gasteiger partial charge in [-0.25, -0.2) is 9.52 Å². The first-order valence-corrected chi connectivity index (χ1v) is 8.63. The second-order valence-electron chi connectivity index (χ2n) is 6.05. The fourth-order valence-corrected chi connectivity index (χ4v) is 2.54. The van der Waals surface area contributed by atoms with Crippen molar-refractivity contribution in [3.63, 3.8) is 0 Å². The highest BCUT2D eigenvalue weighted by Crippen LogP contribution is 2.26. The molecule has 2 aromatic carbocycles. The Labute approximate surface area is 160 Å². The van der Waals surface area contributed by atoms with E-state index in [4.69, 9.17) is 10.5 Å². The maximum Gasteiger partial charge on any atom is 0.469 e. The quantitative estimate of drug-likeness (QED) is 0.331. The Hall–Kier alpha value is -3.66. The van der Waals surface area contributed by atoms with E-state index in [1.807, 2.05) is 6.92 Å². The number of hydrogen-bond donors (Lipinski definition) is 3. The predicted octanol–water partition coefficient (Wildman–Crippen LogP) is 1.18. The molecular weight excluding hydrogens is 364 g/mol. The van der Waals surface area contributed by atoms with Gasteiger partial charge in [-0.2, -0.15) is 5.32 Å². The molecule has 10 heteroatoms. The Morgan fingerprint density at radius 3 is 2.68 bits per heavy atom. The van der Waals surface area contributed by atoms with Crippen molar-refractivity contribution in [1.29, 1.82) is 0 Å². The first-order chi connectivity index (χ1) is 13.5. The number of nitrogens with one attached hydrogen (secondary N) is 2. The van der Waals surface area contributed by atoms with Gasteiger partial charge in [0, 0.05) is 10.9 Å². The van der Waals surface area contributed by atoms with Crippen LogP contribution in [-0.4, -0.2) is 24.3 Å². The van der Waals surface area contributed by atoms with Crippen LogP contribution in [0, 0.1) is 17.3 Å². The molecule has 0 saturated carbocycles. The molecule has 1 aromatic heterocycles. The van der Waals surface area contributed by atoms with Gasteiger partial charge in [0.2, 0.25) is 5.10 Å². The summed E-state index contributed by atoms with van der Waals surface area (Å²) in [6, 6.07) is 10.7. The Morgan fingerprint density at radius 2 is 1.93 bits per heavy atom. The number of benzene rings is 2. The SMILES string of the molecule is Cc1ccc(NC(=O)Nc2n[n+]([O-])c3ccccc3[n+]2[O-])c(OCCCN)c1. The number of amides is 2. The minimum atomic E-state index is -0.736. The molecule has 0 fully saturated rings. The maximum atomic E-state index is 12.4. The fraction of sp³-hybridized carbons (Fsp3) is 0.222. The van der Waals surface area contributed by atoms with Gasteiger partial charge in [0.25, 0.3) is 5.52 Å². The van der Waals surface area contributed by atoms with Crippen LogP contribution in [0.1, 0.15) is 12.0 Å². The minimum absolute atomic E-state index is 0.0870. The van der Waals surface area contributed by atoms with E-state index in [0.717, 1.165) is 5.56 Å². The van der Waals surface area contributed by atoms with Gasteiger partial charge in [-0.3, -0.25) is 5.32 Å². The Balaban J connectivity index is 1.80. The van der Waals surface area contributed by atoms with Gasteiger partial charge in [-0.15, -0.1) is 0 Å². The van der Waals surface area contributed by atoms with Crippen LogP contribution in [0.5, 0.6) is 5.75 Å². The van der Waals surface area contributed by atoms with E-state index in [0.29, 0.717) is 35.7 Å².